The molecule has 1 fully saturated rings. The molecule has 2 unspecified atom stereocenters. The van der Waals surface area contributed by atoms with Crippen LogP contribution in [0.5, 0.6) is 0 Å². The van der Waals surface area contributed by atoms with Crippen LogP contribution in [0.4, 0.5) is 0 Å². The summed E-state index contributed by atoms with van der Waals surface area (Å²) >= 11 is 0. The van der Waals surface area contributed by atoms with E-state index in [1.165, 1.54) is 25.7 Å². The van der Waals surface area contributed by atoms with E-state index in [1.807, 2.05) is 0 Å². The summed E-state index contributed by atoms with van der Waals surface area (Å²) in [4.78, 5) is 0. The second-order valence-electron chi connectivity index (χ2n) is 4.46. The molecule has 0 aliphatic heterocycles. The molecule has 0 aromatic carbocycles. The van der Waals surface area contributed by atoms with Gasteiger partial charge in [-0.05, 0) is 25.2 Å². The smallest absolute Gasteiger partial charge is 0.139 e. The van der Waals surface area contributed by atoms with E-state index in [-0.39, 0.29) is 5.84 Å². The number of nitrogens with zero attached hydrogens (tertiary/aromatic N) is 1. The van der Waals surface area contributed by atoms with Crippen LogP contribution in [0.3, 0.4) is 0 Å². The van der Waals surface area contributed by atoms with Crippen LogP contribution < -0.4 is 5.73 Å². The number of oxime groups is 1. The molecule has 0 aromatic rings. The third-order valence-corrected chi connectivity index (χ3v) is 2.95. The van der Waals surface area contributed by atoms with Gasteiger partial charge in [0.05, 0.1) is 6.10 Å². The van der Waals surface area contributed by atoms with Gasteiger partial charge in [-0.15, -0.1) is 0 Å². The number of hydrogen-bond acceptors (Lipinski definition) is 3. The van der Waals surface area contributed by atoms with E-state index in [0.717, 1.165) is 12.3 Å². The Labute approximate surface area is 91.5 Å². The number of nitrogens with two attached hydrogens (primary N) is 1. The zero-order valence-electron chi connectivity index (χ0n) is 9.48. The fourth-order valence-corrected chi connectivity index (χ4v) is 2.08. The summed E-state index contributed by atoms with van der Waals surface area (Å²) in [6.45, 7) is 3.00. The Balaban J connectivity index is 2.04. The fraction of sp³-hybridized carbons (Fsp3) is 0.909. The number of rotatable bonds is 5. The van der Waals surface area contributed by atoms with Gasteiger partial charge in [-0.25, -0.2) is 0 Å². The minimum Gasteiger partial charge on any atom is -0.409 e. The molecular weight excluding hydrogens is 192 g/mol. The Hall–Kier alpha value is -0.770. The molecule has 1 saturated carbocycles. The molecule has 0 amide bonds. The summed E-state index contributed by atoms with van der Waals surface area (Å²) in [7, 11) is 0. The maximum absolute atomic E-state index is 8.34. The van der Waals surface area contributed by atoms with Crippen molar-refractivity contribution in [3.63, 3.8) is 0 Å². The molecule has 0 radical (unpaired) electrons. The molecule has 3 N–H and O–H groups in total. The predicted molar refractivity (Wildman–Crippen MR) is 60.0 cm³/mol. The van der Waals surface area contributed by atoms with Gasteiger partial charge in [0, 0.05) is 13.0 Å². The highest BCUT2D eigenvalue weighted by Gasteiger charge is 2.18. The van der Waals surface area contributed by atoms with Crippen LogP contribution in [0.25, 0.3) is 0 Å². The lowest BCUT2D eigenvalue weighted by atomic mass is 9.89. The van der Waals surface area contributed by atoms with Crippen LogP contribution >= 0.6 is 0 Å². The average Bonchev–Trinajstić information content (AvgIpc) is 2.24. The highest BCUT2D eigenvalue weighted by molar-refractivity contribution is 5.79. The molecule has 1 aliphatic carbocycles. The van der Waals surface area contributed by atoms with Crippen LogP contribution in [-0.2, 0) is 4.74 Å². The predicted octanol–water partition coefficient (Wildman–Crippen LogP) is 2.11. The summed E-state index contributed by atoms with van der Waals surface area (Å²) in [5.41, 5.74) is 5.36. The number of amidine groups is 1. The molecule has 0 bridgehead atoms. The maximum Gasteiger partial charge on any atom is 0.139 e. The SMILES string of the molecule is CC1CCCC(OCCC/C(N)=N/O)C1. The monoisotopic (exact) mass is 214 g/mol. The van der Waals surface area contributed by atoms with E-state index in [1.54, 1.807) is 0 Å². The minimum absolute atomic E-state index is 0.288. The van der Waals surface area contributed by atoms with Gasteiger partial charge in [0.25, 0.3) is 0 Å². The van der Waals surface area contributed by atoms with Crippen molar-refractivity contribution >= 4 is 5.84 Å². The van der Waals surface area contributed by atoms with E-state index in [9.17, 15) is 0 Å². The van der Waals surface area contributed by atoms with Crippen LogP contribution in [-0.4, -0.2) is 23.8 Å². The molecule has 88 valence electrons. The largest absolute Gasteiger partial charge is 0.409 e. The zero-order valence-corrected chi connectivity index (χ0v) is 9.48. The highest BCUT2D eigenvalue weighted by Crippen LogP contribution is 2.25. The molecule has 0 spiro atoms. The standard InChI is InChI=1S/C11H22N2O2/c1-9-4-2-5-10(8-9)15-7-3-6-11(12)13-14/h9-10,14H,2-8H2,1H3,(H2,12,13). The van der Waals surface area contributed by atoms with Crippen molar-refractivity contribution in [2.45, 2.75) is 51.6 Å². The van der Waals surface area contributed by atoms with E-state index in [4.69, 9.17) is 15.7 Å². The maximum atomic E-state index is 8.34. The molecule has 0 saturated heterocycles. The Kier molecular flexibility index (Phi) is 5.47. The Bertz CT molecular complexity index is 207. The molecule has 2 atom stereocenters. The van der Waals surface area contributed by atoms with Gasteiger partial charge in [0.15, 0.2) is 0 Å². The van der Waals surface area contributed by atoms with Crippen molar-refractivity contribution < 1.29 is 9.94 Å². The Morgan fingerprint density at radius 1 is 1.53 bits per heavy atom. The molecule has 1 rings (SSSR count). The quantitative estimate of drug-likeness (QED) is 0.242. The third-order valence-electron chi connectivity index (χ3n) is 2.95. The lowest BCUT2D eigenvalue weighted by Gasteiger charge is -2.26. The summed E-state index contributed by atoms with van der Waals surface area (Å²) < 4.78 is 5.76. The summed E-state index contributed by atoms with van der Waals surface area (Å²) in [6, 6.07) is 0. The second kappa shape index (κ2) is 6.67. The number of ether oxygens (including phenoxy) is 1. The van der Waals surface area contributed by atoms with Crippen molar-refractivity contribution in [3.8, 4) is 0 Å². The van der Waals surface area contributed by atoms with Gasteiger partial charge in [-0.2, -0.15) is 0 Å². The van der Waals surface area contributed by atoms with Gasteiger partial charge >= 0.3 is 0 Å². The average molecular weight is 214 g/mol. The van der Waals surface area contributed by atoms with Crippen LogP contribution in [0, 0.1) is 5.92 Å². The first-order valence-electron chi connectivity index (χ1n) is 5.80. The first kappa shape index (κ1) is 12.3. The normalized spacial score (nSPS) is 27.9. The molecule has 4 nitrogen and oxygen atoms in total. The lowest BCUT2D eigenvalue weighted by Crippen LogP contribution is -2.22. The number of hydrogen-bond donors (Lipinski definition) is 2. The van der Waals surface area contributed by atoms with Crippen molar-refractivity contribution in [2.24, 2.45) is 16.8 Å². The Morgan fingerprint density at radius 2 is 2.33 bits per heavy atom. The zero-order chi connectivity index (χ0) is 11.1. The summed E-state index contributed by atoms with van der Waals surface area (Å²) in [5, 5.41) is 11.3. The lowest BCUT2D eigenvalue weighted by molar-refractivity contribution is 0.0151. The fourth-order valence-electron chi connectivity index (χ4n) is 2.08. The van der Waals surface area contributed by atoms with E-state index >= 15 is 0 Å². The van der Waals surface area contributed by atoms with Crippen molar-refractivity contribution in [3.05, 3.63) is 0 Å². The molecule has 0 heterocycles. The van der Waals surface area contributed by atoms with Gasteiger partial charge in [0.2, 0.25) is 0 Å². The van der Waals surface area contributed by atoms with Crippen LogP contribution in [0.1, 0.15) is 45.4 Å². The minimum atomic E-state index is 0.288. The van der Waals surface area contributed by atoms with Crippen LogP contribution in [0.2, 0.25) is 0 Å². The molecule has 0 aromatic heterocycles. The van der Waals surface area contributed by atoms with E-state index in [0.29, 0.717) is 19.1 Å². The third kappa shape index (κ3) is 5.02. The first-order valence-corrected chi connectivity index (χ1v) is 5.80. The highest BCUT2D eigenvalue weighted by atomic mass is 16.5. The van der Waals surface area contributed by atoms with Gasteiger partial charge in [0.1, 0.15) is 5.84 Å². The summed E-state index contributed by atoms with van der Waals surface area (Å²) in [5.74, 6) is 1.09. The van der Waals surface area contributed by atoms with Crippen LogP contribution in [0.15, 0.2) is 5.16 Å². The van der Waals surface area contributed by atoms with Crippen molar-refractivity contribution in [1.29, 1.82) is 0 Å². The van der Waals surface area contributed by atoms with Crippen molar-refractivity contribution in [2.75, 3.05) is 6.61 Å². The molecule has 1 aliphatic rings. The van der Waals surface area contributed by atoms with Gasteiger partial charge in [-0.3, -0.25) is 0 Å². The Morgan fingerprint density at radius 3 is 3.00 bits per heavy atom. The van der Waals surface area contributed by atoms with E-state index < -0.39 is 0 Å². The van der Waals surface area contributed by atoms with Crippen molar-refractivity contribution in [1.82, 2.24) is 0 Å². The van der Waals surface area contributed by atoms with Gasteiger partial charge in [-0.1, -0.05) is 24.9 Å². The topological polar surface area (TPSA) is 67.8 Å². The summed E-state index contributed by atoms with van der Waals surface area (Å²) in [6.07, 6.45) is 6.87. The molecule has 15 heavy (non-hydrogen) atoms. The van der Waals surface area contributed by atoms with Gasteiger partial charge < -0.3 is 15.7 Å². The molecule has 4 heteroatoms. The van der Waals surface area contributed by atoms with E-state index in [2.05, 4.69) is 12.1 Å². The first-order chi connectivity index (χ1) is 7.22. The second-order valence-corrected chi connectivity index (χ2v) is 4.46. The molecular formula is C11H22N2O2.